The molecule has 3 rings (SSSR count). The molecule has 0 spiro atoms. The van der Waals surface area contributed by atoms with Crippen LogP contribution in [0.15, 0.2) is 0 Å². The molecule has 1 aromatic rings. The number of rotatable bonds is 6. The third kappa shape index (κ3) is 4.97. The van der Waals surface area contributed by atoms with Crippen LogP contribution in [0.2, 0.25) is 0 Å². The number of likely N-dealkylation sites (tertiary alicyclic amines) is 1. The van der Waals surface area contributed by atoms with Gasteiger partial charge in [0.15, 0.2) is 5.82 Å². The normalized spacial score (nSPS) is 26.9. The maximum atomic E-state index is 12.5. The molecule has 30 heavy (non-hydrogen) atoms. The Bertz CT molecular complexity index is 721. The smallest absolute Gasteiger partial charge is 0.228 e. The average molecular weight is 438 g/mol. The SMILES string of the molecule is CC(C)[N+]1(C)CCC[C@H]1CNc1nc([C@@H](C)N2CCN(C(=O)C(C)(C)C)CC2)ns1. The first-order valence-electron chi connectivity index (χ1n) is 11.5. The topological polar surface area (TPSA) is 61.4 Å². The number of hydrogen-bond acceptors (Lipinski definition) is 6. The van der Waals surface area contributed by atoms with Gasteiger partial charge in [-0.05, 0) is 20.8 Å². The third-order valence-corrected chi connectivity index (χ3v) is 7.97. The lowest BCUT2D eigenvalue weighted by Gasteiger charge is -2.40. The van der Waals surface area contributed by atoms with E-state index >= 15 is 0 Å². The van der Waals surface area contributed by atoms with E-state index in [1.807, 2.05) is 25.7 Å². The van der Waals surface area contributed by atoms with Crippen molar-refractivity contribution in [3.05, 3.63) is 5.82 Å². The molecule has 0 bridgehead atoms. The zero-order valence-corrected chi connectivity index (χ0v) is 20.8. The maximum absolute atomic E-state index is 12.5. The van der Waals surface area contributed by atoms with E-state index in [1.54, 1.807) is 0 Å². The Morgan fingerprint density at radius 3 is 2.50 bits per heavy atom. The summed E-state index contributed by atoms with van der Waals surface area (Å²) < 4.78 is 5.79. The molecule has 1 aromatic heterocycles. The average Bonchev–Trinajstić information content (AvgIpc) is 3.32. The lowest BCUT2D eigenvalue weighted by Crippen LogP contribution is -2.55. The summed E-state index contributed by atoms with van der Waals surface area (Å²) in [6.07, 6.45) is 2.59. The van der Waals surface area contributed by atoms with E-state index < -0.39 is 0 Å². The van der Waals surface area contributed by atoms with E-state index in [9.17, 15) is 4.79 Å². The predicted octanol–water partition coefficient (Wildman–Crippen LogP) is 3.22. The largest absolute Gasteiger partial charge is 0.354 e. The predicted molar refractivity (Wildman–Crippen MR) is 124 cm³/mol. The van der Waals surface area contributed by atoms with Gasteiger partial charge >= 0.3 is 0 Å². The van der Waals surface area contributed by atoms with E-state index in [-0.39, 0.29) is 17.4 Å². The molecule has 1 unspecified atom stereocenters. The van der Waals surface area contributed by atoms with Crippen molar-refractivity contribution in [2.45, 2.75) is 72.5 Å². The summed E-state index contributed by atoms with van der Waals surface area (Å²) in [6.45, 7) is 18.4. The highest BCUT2D eigenvalue weighted by Gasteiger charge is 2.40. The van der Waals surface area contributed by atoms with Crippen LogP contribution in [0.5, 0.6) is 0 Å². The molecule has 0 saturated carbocycles. The molecule has 7 nitrogen and oxygen atoms in total. The monoisotopic (exact) mass is 437 g/mol. The van der Waals surface area contributed by atoms with Crippen molar-refractivity contribution < 1.29 is 9.28 Å². The molecular weight excluding hydrogens is 396 g/mol. The van der Waals surface area contributed by atoms with Crippen LogP contribution < -0.4 is 5.32 Å². The second-order valence-electron chi connectivity index (χ2n) is 10.6. The molecular formula is C22H41N6OS+. The van der Waals surface area contributed by atoms with Gasteiger partial charge in [0.2, 0.25) is 11.0 Å². The molecule has 2 saturated heterocycles. The van der Waals surface area contributed by atoms with Crippen LogP contribution >= 0.6 is 11.5 Å². The van der Waals surface area contributed by atoms with Gasteiger partial charge in [-0.15, -0.1) is 0 Å². The highest BCUT2D eigenvalue weighted by molar-refractivity contribution is 7.09. The van der Waals surface area contributed by atoms with Crippen LogP contribution in [0.3, 0.4) is 0 Å². The summed E-state index contributed by atoms with van der Waals surface area (Å²) in [7, 11) is 2.39. The van der Waals surface area contributed by atoms with Crippen molar-refractivity contribution in [1.82, 2.24) is 19.2 Å². The number of aromatic nitrogens is 2. The number of amides is 1. The first-order chi connectivity index (χ1) is 14.0. The molecule has 0 aliphatic carbocycles. The molecule has 2 aliphatic rings. The van der Waals surface area contributed by atoms with Gasteiger partial charge < -0.3 is 14.7 Å². The molecule has 3 heterocycles. The number of carbonyl (C=O) groups excluding carboxylic acids is 1. The molecule has 8 heteroatoms. The van der Waals surface area contributed by atoms with Gasteiger partial charge in [-0.2, -0.15) is 4.37 Å². The standard InChI is InChI=1S/C22H41N6OS/c1-16(2)28(7)14-8-9-18(28)15-23-21-24-19(25-30-21)17(3)26-10-12-27(13-11-26)20(29)22(4,5)6/h16-18H,8-15H2,1-7H3,(H,23,24,25)/q+1/t17-,18+,28?/m1/s1. The Labute approximate surface area is 186 Å². The quantitative estimate of drug-likeness (QED) is 0.693. The molecule has 0 radical (unpaired) electrons. The van der Waals surface area contributed by atoms with Gasteiger partial charge in [0.05, 0.1) is 32.2 Å². The molecule has 2 aliphatic heterocycles. The van der Waals surface area contributed by atoms with Crippen LogP contribution in [-0.4, -0.2) is 87.9 Å². The Balaban J connectivity index is 1.52. The fourth-order valence-electron chi connectivity index (χ4n) is 4.77. The number of hydrogen-bond donors (Lipinski definition) is 1. The first-order valence-corrected chi connectivity index (χ1v) is 12.3. The summed E-state index contributed by atoms with van der Waals surface area (Å²) in [5.41, 5.74) is -0.311. The molecule has 2 fully saturated rings. The van der Waals surface area contributed by atoms with Gasteiger partial charge in [0.1, 0.15) is 6.04 Å². The van der Waals surface area contributed by atoms with E-state index in [0.717, 1.165) is 48.2 Å². The Hall–Kier alpha value is -1.25. The Morgan fingerprint density at radius 1 is 1.23 bits per heavy atom. The highest BCUT2D eigenvalue weighted by Crippen LogP contribution is 2.29. The first kappa shape index (κ1) is 23.4. The summed E-state index contributed by atoms with van der Waals surface area (Å²) in [5.74, 6) is 1.14. The summed E-state index contributed by atoms with van der Waals surface area (Å²) in [4.78, 5) is 21.7. The van der Waals surface area contributed by atoms with E-state index in [1.165, 1.54) is 30.9 Å². The molecule has 0 aromatic carbocycles. The highest BCUT2D eigenvalue weighted by atomic mass is 32.1. The molecule has 170 valence electrons. The summed E-state index contributed by atoms with van der Waals surface area (Å²) in [6, 6.07) is 1.46. The number of nitrogens with zero attached hydrogens (tertiary/aromatic N) is 5. The van der Waals surface area contributed by atoms with Crippen molar-refractivity contribution in [3.63, 3.8) is 0 Å². The molecule has 3 atom stereocenters. The van der Waals surface area contributed by atoms with Gasteiger partial charge in [-0.1, -0.05) is 20.8 Å². The van der Waals surface area contributed by atoms with Crippen LogP contribution in [0.4, 0.5) is 5.13 Å². The third-order valence-electron chi connectivity index (χ3n) is 7.29. The molecule has 1 N–H and O–H groups in total. The van der Waals surface area contributed by atoms with Crippen molar-refractivity contribution >= 4 is 22.6 Å². The maximum Gasteiger partial charge on any atom is 0.228 e. The minimum absolute atomic E-state index is 0.173. The second-order valence-corrected chi connectivity index (χ2v) is 11.3. The van der Waals surface area contributed by atoms with Gasteiger partial charge in [-0.3, -0.25) is 9.69 Å². The Morgan fingerprint density at radius 2 is 1.90 bits per heavy atom. The van der Waals surface area contributed by atoms with Crippen LogP contribution in [0.25, 0.3) is 0 Å². The summed E-state index contributed by atoms with van der Waals surface area (Å²) >= 11 is 1.47. The second kappa shape index (κ2) is 9.09. The van der Waals surface area contributed by atoms with Crippen molar-refractivity contribution in [1.29, 1.82) is 0 Å². The minimum Gasteiger partial charge on any atom is -0.354 e. The molecule has 1 amide bonds. The number of likely N-dealkylation sites (N-methyl/N-ethyl adjacent to an activating group) is 1. The number of carbonyl (C=O) groups is 1. The number of quaternary nitrogens is 1. The zero-order chi connectivity index (χ0) is 22.1. The van der Waals surface area contributed by atoms with Crippen LogP contribution in [-0.2, 0) is 4.79 Å². The number of anilines is 1. The van der Waals surface area contributed by atoms with E-state index in [0.29, 0.717) is 12.1 Å². The van der Waals surface area contributed by atoms with Gasteiger partial charge in [0, 0.05) is 56.0 Å². The van der Waals surface area contributed by atoms with Crippen molar-refractivity contribution in [2.24, 2.45) is 5.41 Å². The van der Waals surface area contributed by atoms with E-state index in [2.05, 4.69) is 42.4 Å². The summed E-state index contributed by atoms with van der Waals surface area (Å²) in [5, 5.41) is 4.50. The fraction of sp³-hybridized carbons (Fsp3) is 0.864. The van der Waals surface area contributed by atoms with Gasteiger partial charge in [0.25, 0.3) is 0 Å². The fourth-order valence-corrected chi connectivity index (χ4v) is 5.42. The van der Waals surface area contributed by atoms with Crippen LogP contribution in [0, 0.1) is 5.41 Å². The Kier molecular flexibility index (Phi) is 7.09. The van der Waals surface area contributed by atoms with E-state index in [4.69, 9.17) is 4.98 Å². The zero-order valence-electron chi connectivity index (χ0n) is 19.9. The van der Waals surface area contributed by atoms with Gasteiger partial charge in [-0.25, -0.2) is 4.98 Å². The van der Waals surface area contributed by atoms with Crippen molar-refractivity contribution in [3.8, 4) is 0 Å². The lowest BCUT2D eigenvalue weighted by molar-refractivity contribution is -0.939. The minimum atomic E-state index is -0.311. The van der Waals surface area contributed by atoms with Crippen molar-refractivity contribution in [2.75, 3.05) is 51.6 Å². The number of piperazine rings is 1. The number of nitrogens with one attached hydrogen (secondary N) is 1. The lowest BCUT2D eigenvalue weighted by atomic mass is 9.94. The van der Waals surface area contributed by atoms with Crippen LogP contribution in [0.1, 0.15) is 66.3 Å².